The van der Waals surface area contributed by atoms with Crippen LogP contribution in [0, 0.1) is 12.7 Å². The number of aromatic carboxylic acids is 1. The zero-order chi connectivity index (χ0) is 15.0. The maximum absolute atomic E-state index is 13.3. The molecule has 1 aromatic rings. The number of hydrogen-bond donors (Lipinski definition) is 2. The van der Waals surface area contributed by atoms with Crippen molar-refractivity contribution < 1.29 is 32.3 Å². The average Bonchev–Trinajstić information content (AvgIpc) is 2.27. The first-order valence-electron chi connectivity index (χ1n) is 4.65. The number of halogens is 5. The van der Waals surface area contributed by atoms with E-state index in [1.807, 2.05) is 0 Å². The highest BCUT2D eigenvalue weighted by Gasteiger charge is 2.39. The number of alkyl halides is 3. The molecule has 0 aromatic heterocycles. The second kappa shape index (κ2) is 5.16. The van der Waals surface area contributed by atoms with Gasteiger partial charge in [-0.2, -0.15) is 13.2 Å². The average molecular weight is 344 g/mol. The molecular formula is C10H6BrF4NO3. The molecule has 0 fully saturated rings. The molecule has 1 rings (SSSR count). The van der Waals surface area contributed by atoms with E-state index in [9.17, 15) is 27.2 Å². The predicted octanol–water partition coefficient (Wildman–Crippen LogP) is 3.10. The van der Waals surface area contributed by atoms with Crippen LogP contribution in [0.1, 0.15) is 15.9 Å². The van der Waals surface area contributed by atoms with E-state index in [0.29, 0.717) is 6.07 Å². The molecule has 0 unspecified atom stereocenters. The third-order valence-electron chi connectivity index (χ3n) is 2.18. The van der Waals surface area contributed by atoms with Gasteiger partial charge in [-0.1, -0.05) is 0 Å². The molecule has 9 heteroatoms. The lowest BCUT2D eigenvalue weighted by Crippen LogP contribution is -2.31. The fraction of sp³-hybridized carbons (Fsp3) is 0.200. The third kappa shape index (κ3) is 3.22. The summed E-state index contributed by atoms with van der Waals surface area (Å²) in [5.74, 6) is -4.96. The molecule has 0 saturated heterocycles. The van der Waals surface area contributed by atoms with Crippen LogP contribution in [0.25, 0.3) is 0 Å². The number of carbonyl (C=O) groups is 2. The highest BCUT2D eigenvalue weighted by atomic mass is 79.9. The molecule has 0 bridgehead atoms. The van der Waals surface area contributed by atoms with Crippen molar-refractivity contribution in [3.8, 4) is 0 Å². The van der Waals surface area contributed by atoms with Gasteiger partial charge in [-0.25, -0.2) is 9.18 Å². The third-order valence-corrected chi connectivity index (χ3v) is 3.15. The van der Waals surface area contributed by atoms with Gasteiger partial charge in [0.05, 0.1) is 15.7 Å². The van der Waals surface area contributed by atoms with Crippen molar-refractivity contribution in [2.75, 3.05) is 5.32 Å². The first-order valence-corrected chi connectivity index (χ1v) is 5.45. The Morgan fingerprint density at radius 1 is 1.37 bits per heavy atom. The van der Waals surface area contributed by atoms with Crippen LogP contribution in [0.3, 0.4) is 0 Å². The van der Waals surface area contributed by atoms with Gasteiger partial charge in [-0.15, -0.1) is 0 Å². The molecule has 2 N–H and O–H groups in total. The Morgan fingerprint density at radius 3 is 2.32 bits per heavy atom. The van der Waals surface area contributed by atoms with Crippen molar-refractivity contribution in [3.05, 3.63) is 27.5 Å². The minimum atomic E-state index is -5.18. The summed E-state index contributed by atoms with van der Waals surface area (Å²) in [5, 5.41) is 10.2. The minimum Gasteiger partial charge on any atom is -0.478 e. The van der Waals surface area contributed by atoms with Crippen LogP contribution in [0.2, 0.25) is 0 Å². The number of carbonyl (C=O) groups excluding carboxylic acids is 1. The maximum atomic E-state index is 13.3. The standard InChI is InChI=1S/C10H6BrF4NO3/c1-3-6(11)5(12)2-4(8(17)18)7(3)16-9(19)10(13,14)15/h2H,1H3,(H,16,19)(H,17,18). The van der Waals surface area contributed by atoms with Gasteiger partial charge in [0.2, 0.25) is 0 Å². The molecule has 0 aliphatic heterocycles. The Hall–Kier alpha value is -1.64. The quantitative estimate of drug-likeness (QED) is 0.811. The summed E-state index contributed by atoms with van der Waals surface area (Å²) in [7, 11) is 0. The summed E-state index contributed by atoms with van der Waals surface area (Å²) in [5.41, 5.74) is -1.53. The molecule has 0 aliphatic rings. The van der Waals surface area contributed by atoms with Crippen molar-refractivity contribution in [2.24, 2.45) is 0 Å². The number of hydrogen-bond acceptors (Lipinski definition) is 2. The largest absolute Gasteiger partial charge is 0.478 e. The second-order valence-electron chi connectivity index (χ2n) is 3.48. The monoisotopic (exact) mass is 343 g/mol. The topological polar surface area (TPSA) is 66.4 Å². The molecule has 1 amide bonds. The van der Waals surface area contributed by atoms with E-state index in [-0.39, 0.29) is 10.0 Å². The molecule has 19 heavy (non-hydrogen) atoms. The van der Waals surface area contributed by atoms with Crippen LogP contribution in [0.4, 0.5) is 23.2 Å². The van der Waals surface area contributed by atoms with E-state index < -0.39 is 35.1 Å². The Morgan fingerprint density at radius 2 is 1.89 bits per heavy atom. The van der Waals surface area contributed by atoms with Crippen LogP contribution >= 0.6 is 15.9 Å². The van der Waals surface area contributed by atoms with Crippen molar-refractivity contribution in [3.63, 3.8) is 0 Å². The number of rotatable bonds is 2. The molecule has 0 atom stereocenters. The Bertz CT molecular complexity index is 557. The number of amides is 1. The van der Waals surface area contributed by atoms with E-state index >= 15 is 0 Å². The molecular weight excluding hydrogens is 338 g/mol. The summed E-state index contributed by atoms with van der Waals surface area (Å²) in [6.07, 6.45) is -5.18. The first kappa shape index (κ1) is 15.4. The normalized spacial score (nSPS) is 11.3. The summed E-state index contributed by atoms with van der Waals surface area (Å²) in [6.45, 7) is 1.17. The lowest BCUT2D eigenvalue weighted by molar-refractivity contribution is -0.167. The molecule has 104 valence electrons. The lowest BCUT2D eigenvalue weighted by atomic mass is 10.1. The van der Waals surface area contributed by atoms with E-state index in [2.05, 4.69) is 15.9 Å². The Kier molecular flexibility index (Phi) is 4.18. The lowest BCUT2D eigenvalue weighted by Gasteiger charge is -2.14. The van der Waals surface area contributed by atoms with Gasteiger partial charge >= 0.3 is 18.1 Å². The number of carboxylic acid groups (broad SMARTS) is 1. The van der Waals surface area contributed by atoms with Crippen LogP contribution in [0.15, 0.2) is 10.5 Å². The van der Waals surface area contributed by atoms with Gasteiger partial charge in [0.15, 0.2) is 0 Å². The molecule has 0 spiro atoms. The number of carboxylic acids is 1. The summed E-state index contributed by atoms with van der Waals surface area (Å²) < 4.78 is 49.5. The van der Waals surface area contributed by atoms with Crippen molar-refractivity contribution >= 4 is 33.5 Å². The Labute approximate surface area is 112 Å². The van der Waals surface area contributed by atoms with E-state index in [0.717, 1.165) is 0 Å². The van der Waals surface area contributed by atoms with Crippen molar-refractivity contribution in [2.45, 2.75) is 13.1 Å². The Balaban J connectivity index is 3.37. The summed E-state index contributed by atoms with van der Waals surface area (Å²) in [4.78, 5) is 21.7. The van der Waals surface area contributed by atoms with Gasteiger partial charge in [0.25, 0.3) is 0 Å². The highest BCUT2D eigenvalue weighted by molar-refractivity contribution is 9.10. The van der Waals surface area contributed by atoms with Crippen molar-refractivity contribution in [1.29, 1.82) is 0 Å². The van der Waals surface area contributed by atoms with E-state index in [4.69, 9.17) is 5.11 Å². The van der Waals surface area contributed by atoms with Crippen LogP contribution in [-0.2, 0) is 4.79 Å². The molecule has 0 radical (unpaired) electrons. The number of nitrogens with one attached hydrogen (secondary N) is 1. The maximum Gasteiger partial charge on any atom is 0.471 e. The van der Waals surface area contributed by atoms with Crippen LogP contribution in [0.5, 0.6) is 0 Å². The molecule has 0 aliphatic carbocycles. The second-order valence-corrected chi connectivity index (χ2v) is 4.27. The molecule has 1 aromatic carbocycles. The van der Waals surface area contributed by atoms with E-state index in [1.165, 1.54) is 12.2 Å². The van der Waals surface area contributed by atoms with Crippen molar-refractivity contribution in [1.82, 2.24) is 0 Å². The van der Waals surface area contributed by atoms with Gasteiger partial charge < -0.3 is 10.4 Å². The minimum absolute atomic E-state index is 0.157. The van der Waals surface area contributed by atoms with Crippen LogP contribution in [-0.4, -0.2) is 23.2 Å². The smallest absolute Gasteiger partial charge is 0.471 e. The first-order chi connectivity index (χ1) is 8.55. The summed E-state index contributed by atoms with van der Waals surface area (Å²) in [6, 6.07) is 0.519. The fourth-order valence-electron chi connectivity index (χ4n) is 1.27. The molecule has 0 heterocycles. The van der Waals surface area contributed by atoms with E-state index in [1.54, 1.807) is 0 Å². The predicted molar refractivity (Wildman–Crippen MR) is 60.5 cm³/mol. The van der Waals surface area contributed by atoms with Gasteiger partial charge in [-0.05, 0) is 34.5 Å². The zero-order valence-corrected chi connectivity index (χ0v) is 10.8. The summed E-state index contributed by atoms with van der Waals surface area (Å²) >= 11 is 2.75. The molecule has 0 saturated carbocycles. The SMILES string of the molecule is Cc1c(Br)c(F)cc(C(=O)O)c1NC(=O)C(F)(F)F. The highest BCUT2D eigenvalue weighted by Crippen LogP contribution is 2.32. The van der Waals surface area contributed by atoms with Gasteiger partial charge in [-0.3, -0.25) is 4.79 Å². The van der Waals surface area contributed by atoms with Crippen LogP contribution < -0.4 is 5.32 Å². The van der Waals surface area contributed by atoms with Gasteiger partial charge in [0, 0.05) is 0 Å². The van der Waals surface area contributed by atoms with Gasteiger partial charge in [0.1, 0.15) is 5.82 Å². The fourth-order valence-corrected chi connectivity index (χ4v) is 1.58. The number of anilines is 1. The molecule has 4 nitrogen and oxygen atoms in total. The zero-order valence-electron chi connectivity index (χ0n) is 9.23. The number of benzene rings is 1.